The molecule has 0 aliphatic carbocycles. The van der Waals surface area contributed by atoms with Crippen molar-refractivity contribution in [1.82, 2.24) is 10.2 Å². The summed E-state index contributed by atoms with van der Waals surface area (Å²) < 4.78 is 36.6. The number of halogens is 3. The molecule has 0 aliphatic heterocycles. The number of aromatic nitrogens is 2. The van der Waals surface area contributed by atoms with E-state index in [1.807, 2.05) is 0 Å². The van der Waals surface area contributed by atoms with Gasteiger partial charge in [-0.2, -0.15) is 13.2 Å². The van der Waals surface area contributed by atoms with Gasteiger partial charge in [0.15, 0.2) is 0 Å². The van der Waals surface area contributed by atoms with Gasteiger partial charge in [0.1, 0.15) is 5.69 Å². The molecule has 0 radical (unpaired) electrons. The van der Waals surface area contributed by atoms with Gasteiger partial charge >= 0.3 is 6.18 Å². The van der Waals surface area contributed by atoms with Gasteiger partial charge in [-0.1, -0.05) is 30.3 Å². The van der Waals surface area contributed by atoms with Gasteiger partial charge in [-0.3, -0.25) is 0 Å². The van der Waals surface area contributed by atoms with Crippen LogP contribution in [0.2, 0.25) is 0 Å². The maximum atomic E-state index is 12.2. The lowest BCUT2D eigenvalue weighted by molar-refractivity contribution is -0.141. The fourth-order valence-corrected chi connectivity index (χ4v) is 1.18. The minimum absolute atomic E-state index is 0.239. The molecular weight excluding hydrogens is 205 g/mol. The molecule has 2 aromatic rings. The molecule has 0 unspecified atom stereocenters. The predicted octanol–water partition coefficient (Wildman–Crippen LogP) is 2.72. The minimum atomic E-state index is -4.43. The Morgan fingerprint density at radius 3 is 2.27 bits per heavy atom. The first kappa shape index (κ1) is 9.76. The first-order chi connectivity index (χ1) is 7.07. The summed E-state index contributed by atoms with van der Waals surface area (Å²) in [7, 11) is 0. The lowest BCUT2D eigenvalue weighted by atomic mass is 10.1. The molecule has 0 bridgehead atoms. The third kappa shape index (κ3) is 2.01. The zero-order valence-electron chi connectivity index (χ0n) is 7.49. The first-order valence-corrected chi connectivity index (χ1v) is 4.20. The van der Waals surface area contributed by atoms with Crippen LogP contribution in [0.4, 0.5) is 13.2 Å². The Morgan fingerprint density at radius 1 is 1.07 bits per heavy atom. The molecule has 2 nitrogen and oxygen atoms in total. The van der Waals surface area contributed by atoms with Gasteiger partial charge in [0.05, 0.1) is 0 Å². The molecule has 0 fully saturated rings. The van der Waals surface area contributed by atoms with E-state index in [9.17, 15) is 13.2 Å². The highest BCUT2D eigenvalue weighted by Gasteiger charge is 2.31. The average Bonchev–Trinajstić information content (AvgIpc) is 2.67. The monoisotopic (exact) mass is 211 g/mol. The third-order valence-corrected chi connectivity index (χ3v) is 1.90. The van der Waals surface area contributed by atoms with Gasteiger partial charge in [-0.15, -0.1) is 5.69 Å². The van der Waals surface area contributed by atoms with E-state index in [4.69, 9.17) is 0 Å². The molecule has 2 rings (SSSR count). The molecule has 0 amide bonds. The maximum Gasteiger partial charge on any atom is 0.431 e. The summed E-state index contributed by atoms with van der Waals surface area (Å²) in [5, 5.41) is 6.57. The van der Waals surface area contributed by atoms with Crippen LogP contribution in [0.3, 0.4) is 0 Å². The molecule has 1 aromatic carbocycles. The largest absolute Gasteiger partial charge is 0.574 e. The zero-order chi connectivity index (χ0) is 10.9. The number of benzene rings is 1. The highest BCUT2D eigenvalue weighted by atomic mass is 19.4. The van der Waals surface area contributed by atoms with Crippen LogP contribution >= 0.6 is 0 Å². The summed E-state index contributed by atoms with van der Waals surface area (Å²) in [6, 6.07) is 9.56. The second-order valence-corrected chi connectivity index (χ2v) is 2.98. The first-order valence-electron chi connectivity index (χ1n) is 4.20. The van der Waals surface area contributed by atoms with Crippen LogP contribution < -0.4 is 5.10 Å². The quantitative estimate of drug-likeness (QED) is 0.725. The molecule has 1 aromatic heterocycles. The van der Waals surface area contributed by atoms with Crippen LogP contribution in [0.25, 0.3) is 11.3 Å². The zero-order valence-corrected chi connectivity index (χ0v) is 7.49. The van der Waals surface area contributed by atoms with Gasteiger partial charge in [-0.25, -0.2) is 0 Å². The van der Waals surface area contributed by atoms with E-state index in [1.165, 1.54) is 0 Å². The van der Waals surface area contributed by atoms with Gasteiger partial charge in [0.25, 0.3) is 0 Å². The summed E-state index contributed by atoms with van der Waals surface area (Å²) in [5.74, 6) is 0. The number of rotatable bonds is 1. The van der Waals surface area contributed by atoms with Crippen LogP contribution in [0.5, 0.6) is 0 Å². The summed E-state index contributed by atoms with van der Waals surface area (Å²) in [6.07, 6.45) is -4.43. The van der Waals surface area contributed by atoms with Gasteiger partial charge in [-0.05, 0) is 11.6 Å². The fourth-order valence-electron chi connectivity index (χ4n) is 1.18. The number of hydrogen-bond donors (Lipinski definition) is 0. The van der Waals surface area contributed by atoms with Crippen LogP contribution in [0.15, 0.2) is 36.4 Å². The second-order valence-electron chi connectivity index (χ2n) is 2.98. The van der Waals surface area contributed by atoms with E-state index in [2.05, 4.69) is 10.2 Å². The molecule has 1 heterocycles. The Balaban J connectivity index is 2.37. The molecule has 0 N–H and O–H groups in total. The predicted molar refractivity (Wildman–Crippen MR) is 48.0 cm³/mol. The van der Waals surface area contributed by atoms with Crippen molar-refractivity contribution in [3.63, 3.8) is 0 Å². The molecule has 0 aliphatic rings. The summed E-state index contributed by atoms with van der Waals surface area (Å²) in [4.78, 5) is 0. The van der Waals surface area contributed by atoms with E-state index >= 15 is 0 Å². The highest BCUT2D eigenvalue weighted by Crippen LogP contribution is 2.29. The smallest absolute Gasteiger partial charge is 0.431 e. The van der Waals surface area contributed by atoms with Crippen molar-refractivity contribution >= 4 is 0 Å². The standard InChI is InChI=1S/C10H6F3N2/c11-10(12,13)9-6-8(14-15-9)7-4-2-1-3-5-7/h1-6H/q-1. The van der Waals surface area contributed by atoms with Crippen LogP contribution in [-0.2, 0) is 6.18 Å². The Kier molecular flexibility index (Phi) is 2.22. The third-order valence-electron chi connectivity index (χ3n) is 1.90. The van der Waals surface area contributed by atoms with E-state index in [0.717, 1.165) is 6.07 Å². The van der Waals surface area contributed by atoms with Crippen molar-refractivity contribution in [3.05, 3.63) is 42.1 Å². The Bertz CT molecular complexity index is 445. The van der Waals surface area contributed by atoms with Crippen molar-refractivity contribution in [2.45, 2.75) is 6.18 Å². The number of alkyl halides is 3. The highest BCUT2D eigenvalue weighted by molar-refractivity contribution is 5.58. The SMILES string of the molecule is FC(F)(F)c1cc(-c2ccccc2)[n-]n1. The fraction of sp³-hybridized carbons (Fsp3) is 0.100. The van der Waals surface area contributed by atoms with Crippen LogP contribution in [-0.4, -0.2) is 5.10 Å². The molecule has 0 saturated carbocycles. The Labute approximate surface area is 83.7 Å². The van der Waals surface area contributed by atoms with E-state index in [1.54, 1.807) is 30.3 Å². The van der Waals surface area contributed by atoms with E-state index < -0.39 is 11.9 Å². The molecular formula is C10H6F3N2-. The molecule has 5 heteroatoms. The van der Waals surface area contributed by atoms with Crippen molar-refractivity contribution in [2.24, 2.45) is 0 Å². The topological polar surface area (TPSA) is 27.0 Å². The molecule has 0 spiro atoms. The van der Waals surface area contributed by atoms with Crippen molar-refractivity contribution < 1.29 is 13.2 Å². The second kappa shape index (κ2) is 3.42. The Hall–Kier alpha value is -1.78. The van der Waals surface area contributed by atoms with Crippen molar-refractivity contribution in [2.75, 3.05) is 0 Å². The van der Waals surface area contributed by atoms with Gasteiger partial charge in [0.2, 0.25) is 0 Å². The average molecular weight is 211 g/mol. The minimum Gasteiger partial charge on any atom is -0.574 e. The van der Waals surface area contributed by atoms with Crippen LogP contribution in [0, 0.1) is 0 Å². The molecule has 0 saturated heterocycles. The molecule has 78 valence electrons. The molecule has 0 atom stereocenters. The van der Waals surface area contributed by atoms with Crippen molar-refractivity contribution in [1.29, 1.82) is 0 Å². The normalized spacial score (nSPS) is 11.7. The lowest BCUT2D eigenvalue weighted by Gasteiger charge is -2.03. The van der Waals surface area contributed by atoms with Crippen LogP contribution in [0.1, 0.15) is 5.69 Å². The Morgan fingerprint density at radius 2 is 1.73 bits per heavy atom. The van der Waals surface area contributed by atoms with E-state index in [0.29, 0.717) is 5.56 Å². The summed E-state index contributed by atoms with van der Waals surface area (Å²) in [6.45, 7) is 0. The molecule has 15 heavy (non-hydrogen) atoms. The number of nitrogens with zero attached hydrogens (tertiary/aromatic N) is 2. The van der Waals surface area contributed by atoms with Gasteiger partial charge in [0, 0.05) is 0 Å². The van der Waals surface area contributed by atoms with E-state index in [-0.39, 0.29) is 5.69 Å². The summed E-state index contributed by atoms with van der Waals surface area (Å²) >= 11 is 0. The number of hydrogen-bond acceptors (Lipinski definition) is 1. The van der Waals surface area contributed by atoms with Gasteiger partial charge < -0.3 is 10.2 Å². The van der Waals surface area contributed by atoms with Crippen molar-refractivity contribution in [3.8, 4) is 11.3 Å². The lowest BCUT2D eigenvalue weighted by Crippen LogP contribution is -2.04. The maximum absolute atomic E-state index is 12.2. The summed E-state index contributed by atoms with van der Waals surface area (Å²) in [5.41, 5.74) is -0.0928.